The van der Waals surface area contributed by atoms with Crippen LogP contribution in [-0.4, -0.2) is 47.3 Å². The van der Waals surface area contributed by atoms with Gasteiger partial charge in [0.05, 0.1) is 34.2 Å². The largest absolute Gasteiger partial charge is 0.374 e. The Bertz CT molecular complexity index is 1860. The molecule has 10 heteroatoms. The van der Waals surface area contributed by atoms with Crippen LogP contribution in [0.15, 0.2) is 61.3 Å². The van der Waals surface area contributed by atoms with Crippen molar-refractivity contribution < 1.29 is 9.90 Å². The molecule has 6 heterocycles. The molecule has 1 unspecified atom stereocenters. The van der Waals surface area contributed by atoms with Gasteiger partial charge in [0.2, 0.25) is 0 Å². The lowest BCUT2D eigenvalue weighted by Gasteiger charge is -2.23. The second-order valence-electron chi connectivity index (χ2n) is 11.1. The summed E-state index contributed by atoms with van der Waals surface area (Å²) >= 11 is 1.46. The van der Waals surface area contributed by atoms with Crippen LogP contribution in [0, 0.1) is 5.41 Å². The first-order valence-corrected chi connectivity index (χ1v) is 13.8. The highest BCUT2D eigenvalue weighted by Crippen LogP contribution is 2.37. The first kappa shape index (κ1) is 25.8. The van der Waals surface area contributed by atoms with E-state index in [2.05, 4.69) is 62.3 Å². The van der Waals surface area contributed by atoms with Crippen LogP contribution in [-0.2, 0) is 0 Å². The van der Waals surface area contributed by atoms with Crippen LogP contribution in [0.25, 0.3) is 54.9 Å². The molecule has 0 saturated heterocycles. The van der Waals surface area contributed by atoms with Gasteiger partial charge < -0.3 is 15.4 Å². The lowest BCUT2D eigenvalue weighted by molar-refractivity contribution is 0.102. The molecular weight excluding hydrogens is 522 g/mol. The Morgan fingerprint density at radius 2 is 1.82 bits per heavy atom. The summed E-state index contributed by atoms with van der Waals surface area (Å²) in [4.78, 5) is 30.4. The van der Waals surface area contributed by atoms with Crippen LogP contribution < -0.4 is 5.32 Å². The minimum absolute atomic E-state index is 0.00912. The molecule has 6 aromatic rings. The highest BCUT2D eigenvalue weighted by atomic mass is 32.1. The van der Waals surface area contributed by atoms with E-state index >= 15 is 0 Å². The molecule has 0 aromatic carbocycles. The normalized spacial score (nSPS) is 12.7. The molecule has 0 radical (unpaired) electrons. The van der Waals surface area contributed by atoms with Crippen LogP contribution >= 0.6 is 11.3 Å². The molecule has 40 heavy (non-hydrogen) atoms. The summed E-state index contributed by atoms with van der Waals surface area (Å²) in [6, 6.07) is 9.87. The van der Waals surface area contributed by atoms with Gasteiger partial charge in [-0.15, -0.1) is 11.3 Å². The molecule has 0 bridgehead atoms. The number of aliphatic hydroxyl groups is 1. The van der Waals surface area contributed by atoms with Crippen molar-refractivity contribution in [2.75, 3.05) is 5.32 Å². The van der Waals surface area contributed by atoms with Gasteiger partial charge >= 0.3 is 0 Å². The van der Waals surface area contributed by atoms with Crippen molar-refractivity contribution in [3.63, 3.8) is 0 Å². The fourth-order valence-corrected chi connectivity index (χ4v) is 5.74. The number of pyridine rings is 3. The molecule has 0 fully saturated rings. The monoisotopic (exact) mass is 551 g/mol. The van der Waals surface area contributed by atoms with Crippen molar-refractivity contribution >= 4 is 44.7 Å². The zero-order valence-corrected chi connectivity index (χ0v) is 23.4. The zero-order chi connectivity index (χ0) is 28.0. The highest BCUT2D eigenvalue weighted by Gasteiger charge is 2.18. The number of H-pyrrole nitrogens is 2. The molecule has 0 amide bonds. The zero-order valence-electron chi connectivity index (χ0n) is 22.6. The van der Waals surface area contributed by atoms with Crippen molar-refractivity contribution in [1.29, 1.82) is 0 Å². The van der Waals surface area contributed by atoms with E-state index in [1.807, 2.05) is 30.5 Å². The number of aliphatic hydroxyl groups excluding tert-OH is 1. The molecular formula is C30H29N7O2S. The van der Waals surface area contributed by atoms with Crippen molar-refractivity contribution in [3.8, 4) is 33.0 Å². The number of aromatic amines is 2. The predicted molar refractivity (Wildman–Crippen MR) is 159 cm³/mol. The number of carbonyl (C=O) groups excluding carboxylic acids is 1. The van der Waals surface area contributed by atoms with E-state index in [-0.39, 0.29) is 11.2 Å². The maximum absolute atomic E-state index is 11.8. The lowest BCUT2D eigenvalue weighted by Crippen LogP contribution is -2.25. The van der Waals surface area contributed by atoms with Crippen LogP contribution in [0.3, 0.4) is 0 Å². The van der Waals surface area contributed by atoms with Gasteiger partial charge in [-0.2, -0.15) is 5.10 Å². The fraction of sp³-hybridized carbons (Fsp3) is 0.233. The smallest absolute Gasteiger partial charge is 0.169 e. The van der Waals surface area contributed by atoms with Gasteiger partial charge in [-0.1, -0.05) is 20.8 Å². The topological polar surface area (TPSA) is 132 Å². The number of nitrogens with zero attached hydrogens (tertiary/aromatic N) is 4. The Kier molecular flexibility index (Phi) is 6.44. The number of hydrogen-bond acceptors (Lipinski definition) is 8. The molecule has 1 atom stereocenters. The molecule has 6 rings (SSSR count). The van der Waals surface area contributed by atoms with Gasteiger partial charge in [-0.25, -0.2) is 4.98 Å². The number of carbonyl (C=O) groups is 1. The van der Waals surface area contributed by atoms with E-state index in [1.54, 1.807) is 31.7 Å². The second-order valence-corrected chi connectivity index (χ2v) is 12.2. The maximum atomic E-state index is 11.8. The number of ketones is 1. The third kappa shape index (κ3) is 5.11. The minimum atomic E-state index is -0.678. The first-order valence-electron chi connectivity index (χ1n) is 13.0. The SMILES string of the molecule is CC(=O)c1ccc(-c2cncc3[nH]c(-c4n[nH]c5ncc(-c6cncc(NC(O)CC(C)(C)C)c6)cc45)cc23)s1. The number of anilines is 1. The number of fused-ring (bicyclic) bond motifs is 2. The molecule has 4 N–H and O–H groups in total. The number of aromatic nitrogens is 6. The van der Waals surface area contributed by atoms with E-state index < -0.39 is 6.23 Å². The van der Waals surface area contributed by atoms with Gasteiger partial charge in [-0.05, 0) is 49.1 Å². The first-order chi connectivity index (χ1) is 19.1. The van der Waals surface area contributed by atoms with Gasteiger partial charge in [0.15, 0.2) is 11.4 Å². The predicted octanol–water partition coefficient (Wildman–Crippen LogP) is 6.66. The maximum Gasteiger partial charge on any atom is 0.169 e. The summed E-state index contributed by atoms with van der Waals surface area (Å²) in [5.41, 5.74) is 6.55. The van der Waals surface area contributed by atoms with Crippen LogP contribution in [0.5, 0.6) is 0 Å². The van der Waals surface area contributed by atoms with Crippen molar-refractivity contribution in [2.45, 2.75) is 40.3 Å². The Labute approximate surface area is 234 Å². The Morgan fingerprint density at radius 3 is 2.60 bits per heavy atom. The average molecular weight is 552 g/mol. The van der Waals surface area contributed by atoms with Crippen LogP contribution in [0.1, 0.15) is 43.8 Å². The standard InChI is InChI=1S/C30H29N7O2S/c1-16(38)25-5-6-26(40-25)22-14-32-15-24-20(22)9-23(35-24)28-21-8-18(12-33-29(21)37-36-28)17-7-19(13-31-11-17)34-27(39)10-30(2,3)4/h5-9,11-15,27,34-35,39H,10H2,1-4H3,(H,33,36,37). The average Bonchev–Trinajstić information content (AvgIpc) is 3.65. The summed E-state index contributed by atoms with van der Waals surface area (Å²) in [7, 11) is 0. The Balaban J connectivity index is 1.35. The summed E-state index contributed by atoms with van der Waals surface area (Å²) in [6.07, 6.45) is 8.81. The molecule has 0 spiro atoms. The van der Waals surface area contributed by atoms with Gasteiger partial charge in [0, 0.05) is 50.9 Å². The van der Waals surface area contributed by atoms with E-state index in [1.165, 1.54) is 11.3 Å². The van der Waals surface area contributed by atoms with E-state index in [9.17, 15) is 9.90 Å². The van der Waals surface area contributed by atoms with Crippen molar-refractivity contribution in [2.24, 2.45) is 5.41 Å². The van der Waals surface area contributed by atoms with Crippen molar-refractivity contribution in [1.82, 2.24) is 30.1 Å². The molecule has 0 aliphatic rings. The van der Waals surface area contributed by atoms with E-state index in [4.69, 9.17) is 0 Å². The molecule has 6 aromatic heterocycles. The fourth-order valence-electron chi connectivity index (χ4n) is 4.81. The van der Waals surface area contributed by atoms with Crippen LogP contribution in [0.4, 0.5) is 5.69 Å². The summed E-state index contributed by atoms with van der Waals surface area (Å²) < 4.78 is 0. The number of Topliss-reactive ketones (excluding diaryl/α,β-unsaturated/α-hetero) is 1. The molecule has 0 aliphatic carbocycles. The summed E-state index contributed by atoms with van der Waals surface area (Å²) in [5.74, 6) is 0.0510. The van der Waals surface area contributed by atoms with Gasteiger partial charge in [-0.3, -0.25) is 19.9 Å². The Morgan fingerprint density at radius 1 is 1.02 bits per heavy atom. The number of hydrogen-bond donors (Lipinski definition) is 4. The Hall–Kier alpha value is -4.41. The molecule has 0 saturated carbocycles. The molecule has 202 valence electrons. The second kappa shape index (κ2) is 9.96. The molecule has 9 nitrogen and oxygen atoms in total. The van der Waals surface area contributed by atoms with Gasteiger partial charge in [0.25, 0.3) is 0 Å². The van der Waals surface area contributed by atoms with Crippen LogP contribution in [0.2, 0.25) is 0 Å². The summed E-state index contributed by atoms with van der Waals surface area (Å²) in [6.45, 7) is 7.85. The number of thiophene rings is 1. The lowest BCUT2D eigenvalue weighted by atomic mass is 9.91. The minimum Gasteiger partial charge on any atom is -0.374 e. The van der Waals surface area contributed by atoms with E-state index in [0.717, 1.165) is 59.8 Å². The number of nitrogens with one attached hydrogen (secondary N) is 3. The van der Waals surface area contributed by atoms with Crippen molar-refractivity contribution in [3.05, 3.63) is 66.2 Å². The molecule has 0 aliphatic heterocycles. The van der Waals surface area contributed by atoms with Gasteiger partial charge in [0.1, 0.15) is 11.9 Å². The number of rotatable bonds is 7. The quantitative estimate of drug-likeness (QED) is 0.129. The third-order valence-corrected chi connectivity index (χ3v) is 7.87. The third-order valence-electron chi connectivity index (χ3n) is 6.65. The highest BCUT2D eigenvalue weighted by molar-refractivity contribution is 7.17. The van der Waals surface area contributed by atoms with E-state index in [0.29, 0.717) is 12.1 Å². The summed E-state index contributed by atoms with van der Waals surface area (Å²) in [5, 5.41) is 23.1.